The zero-order valence-electron chi connectivity index (χ0n) is 12.8. The summed E-state index contributed by atoms with van der Waals surface area (Å²) in [6, 6.07) is 9.34. The lowest BCUT2D eigenvalue weighted by molar-refractivity contribution is 0.113. The van der Waals surface area contributed by atoms with Crippen molar-refractivity contribution in [3.05, 3.63) is 65.2 Å². The van der Waals surface area contributed by atoms with E-state index in [2.05, 4.69) is 0 Å². The third-order valence-electron chi connectivity index (χ3n) is 3.29. The van der Waals surface area contributed by atoms with Gasteiger partial charge in [-0.05, 0) is 25.1 Å². The van der Waals surface area contributed by atoms with Crippen molar-refractivity contribution in [2.24, 2.45) is 0 Å². The summed E-state index contributed by atoms with van der Waals surface area (Å²) in [6.07, 6.45) is 0. The van der Waals surface area contributed by atoms with E-state index in [9.17, 15) is 17.2 Å². The molecule has 124 valence electrons. The Morgan fingerprint density at radius 2 is 1.74 bits per heavy atom. The summed E-state index contributed by atoms with van der Waals surface area (Å²) in [5.41, 5.74) is 0.992. The van der Waals surface area contributed by atoms with Gasteiger partial charge in [0.15, 0.2) is 0 Å². The SMILES string of the molecule is COCN(Cc1ccc(F)cc1F)S(=O)(=O)c1ccc(C)cc1. The lowest BCUT2D eigenvalue weighted by atomic mass is 10.2. The van der Waals surface area contributed by atoms with E-state index in [0.717, 1.165) is 22.0 Å². The summed E-state index contributed by atoms with van der Waals surface area (Å²) in [5, 5.41) is 0. The minimum atomic E-state index is -3.86. The van der Waals surface area contributed by atoms with Crippen molar-refractivity contribution in [2.75, 3.05) is 13.8 Å². The van der Waals surface area contributed by atoms with Crippen LogP contribution in [0.5, 0.6) is 0 Å². The standard InChI is InChI=1S/C16H17F2NO3S/c1-12-3-7-15(8-4-12)23(20,21)19(11-22-2)10-13-5-6-14(17)9-16(13)18/h3-9H,10-11H2,1-2H3. The lowest BCUT2D eigenvalue weighted by Gasteiger charge is -2.21. The zero-order chi connectivity index (χ0) is 17.0. The van der Waals surface area contributed by atoms with Crippen LogP contribution < -0.4 is 0 Å². The average molecular weight is 341 g/mol. The molecule has 2 aromatic rings. The van der Waals surface area contributed by atoms with Gasteiger partial charge in [-0.1, -0.05) is 23.8 Å². The van der Waals surface area contributed by atoms with Gasteiger partial charge in [0.2, 0.25) is 10.0 Å². The number of halogens is 2. The van der Waals surface area contributed by atoms with Crippen LogP contribution in [0.3, 0.4) is 0 Å². The molecule has 23 heavy (non-hydrogen) atoms. The van der Waals surface area contributed by atoms with Crippen LogP contribution in [0.1, 0.15) is 11.1 Å². The van der Waals surface area contributed by atoms with Gasteiger partial charge in [0.25, 0.3) is 0 Å². The molecule has 0 atom stereocenters. The first kappa shape index (κ1) is 17.5. The van der Waals surface area contributed by atoms with Crippen LogP contribution in [0.2, 0.25) is 0 Å². The summed E-state index contributed by atoms with van der Waals surface area (Å²) in [5.74, 6) is -1.52. The van der Waals surface area contributed by atoms with Gasteiger partial charge >= 0.3 is 0 Å². The number of rotatable bonds is 6. The number of hydrogen-bond donors (Lipinski definition) is 0. The van der Waals surface area contributed by atoms with Crippen molar-refractivity contribution >= 4 is 10.0 Å². The van der Waals surface area contributed by atoms with Crippen molar-refractivity contribution in [3.8, 4) is 0 Å². The Balaban J connectivity index is 2.35. The molecule has 0 unspecified atom stereocenters. The van der Waals surface area contributed by atoms with E-state index in [0.29, 0.717) is 0 Å². The molecule has 2 rings (SSSR count). The maximum Gasteiger partial charge on any atom is 0.245 e. The number of methoxy groups -OCH3 is 1. The predicted molar refractivity (Wildman–Crippen MR) is 82.1 cm³/mol. The first-order valence-electron chi connectivity index (χ1n) is 6.84. The van der Waals surface area contributed by atoms with Crippen LogP contribution in [0, 0.1) is 18.6 Å². The van der Waals surface area contributed by atoms with Gasteiger partial charge < -0.3 is 4.74 Å². The van der Waals surface area contributed by atoms with Crippen LogP contribution in [-0.4, -0.2) is 26.6 Å². The largest absolute Gasteiger partial charge is 0.368 e. The number of benzene rings is 2. The highest BCUT2D eigenvalue weighted by Gasteiger charge is 2.25. The van der Waals surface area contributed by atoms with Crippen molar-refractivity contribution in [3.63, 3.8) is 0 Å². The molecule has 0 aliphatic carbocycles. The molecule has 0 aliphatic rings. The summed E-state index contributed by atoms with van der Waals surface area (Å²) in [7, 11) is -2.51. The normalized spacial score (nSPS) is 11.9. The Labute approximate surface area is 134 Å². The fourth-order valence-electron chi connectivity index (χ4n) is 2.04. The maximum atomic E-state index is 13.8. The maximum absolute atomic E-state index is 13.8. The molecule has 0 saturated heterocycles. The Kier molecular flexibility index (Phi) is 5.46. The average Bonchev–Trinajstić information content (AvgIpc) is 2.49. The van der Waals surface area contributed by atoms with Gasteiger partial charge in [-0.25, -0.2) is 17.2 Å². The number of aryl methyl sites for hydroxylation is 1. The molecule has 0 N–H and O–H groups in total. The Bertz CT molecular complexity index is 776. The monoisotopic (exact) mass is 341 g/mol. The second kappa shape index (κ2) is 7.16. The fourth-order valence-corrected chi connectivity index (χ4v) is 3.37. The number of hydrogen-bond acceptors (Lipinski definition) is 3. The van der Waals surface area contributed by atoms with Crippen molar-refractivity contribution in [1.82, 2.24) is 4.31 Å². The van der Waals surface area contributed by atoms with Gasteiger partial charge in [-0.15, -0.1) is 0 Å². The predicted octanol–water partition coefficient (Wildman–Crippen LogP) is 3.07. The molecule has 0 aliphatic heterocycles. The summed E-state index contributed by atoms with van der Waals surface area (Å²) in [6.45, 7) is 1.35. The Hall–Kier alpha value is -1.83. The Morgan fingerprint density at radius 3 is 2.30 bits per heavy atom. The molecule has 0 fully saturated rings. The van der Waals surface area contributed by atoms with Crippen LogP contribution in [0.4, 0.5) is 8.78 Å². The molecular weight excluding hydrogens is 324 g/mol. The van der Waals surface area contributed by atoms with E-state index in [1.165, 1.54) is 25.3 Å². The molecule has 7 heteroatoms. The molecule has 0 aromatic heterocycles. The minimum Gasteiger partial charge on any atom is -0.368 e. The molecule has 0 spiro atoms. The molecular formula is C16H17F2NO3S. The van der Waals surface area contributed by atoms with Crippen molar-refractivity contribution in [1.29, 1.82) is 0 Å². The molecule has 0 radical (unpaired) electrons. The number of ether oxygens (including phenoxy) is 1. The highest BCUT2D eigenvalue weighted by molar-refractivity contribution is 7.89. The van der Waals surface area contributed by atoms with Gasteiger partial charge in [-0.3, -0.25) is 0 Å². The second-order valence-electron chi connectivity index (χ2n) is 5.08. The third kappa shape index (κ3) is 4.13. The highest BCUT2D eigenvalue weighted by Crippen LogP contribution is 2.20. The smallest absolute Gasteiger partial charge is 0.245 e. The van der Waals surface area contributed by atoms with Crippen LogP contribution >= 0.6 is 0 Å². The summed E-state index contributed by atoms with van der Waals surface area (Å²) < 4.78 is 58.0. The topological polar surface area (TPSA) is 46.6 Å². The van der Waals surface area contributed by atoms with E-state index in [-0.39, 0.29) is 23.7 Å². The molecule has 4 nitrogen and oxygen atoms in total. The Morgan fingerprint density at radius 1 is 1.09 bits per heavy atom. The number of sulfonamides is 1. The van der Waals surface area contributed by atoms with E-state index < -0.39 is 21.7 Å². The highest BCUT2D eigenvalue weighted by atomic mass is 32.2. The molecule has 0 amide bonds. The van der Waals surface area contributed by atoms with Gasteiger partial charge in [0.1, 0.15) is 18.4 Å². The molecule has 0 saturated carbocycles. The molecule has 2 aromatic carbocycles. The summed E-state index contributed by atoms with van der Waals surface area (Å²) in [4.78, 5) is 0.0858. The van der Waals surface area contributed by atoms with E-state index in [1.54, 1.807) is 12.1 Å². The zero-order valence-corrected chi connectivity index (χ0v) is 13.6. The molecule has 0 bridgehead atoms. The summed E-state index contributed by atoms with van der Waals surface area (Å²) >= 11 is 0. The van der Waals surface area contributed by atoms with E-state index in [4.69, 9.17) is 4.74 Å². The number of nitrogens with zero attached hydrogens (tertiary/aromatic N) is 1. The minimum absolute atomic E-state index is 0.0686. The first-order valence-corrected chi connectivity index (χ1v) is 8.28. The molecule has 0 heterocycles. The quantitative estimate of drug-likeness (QED) is 0.759. The fraction of sp³-hybridized carbons (Fsp3) is 0.250. The first-order chi connectivity index (χ1) is 10.8. The lowest BCUT2D eigenvalue weighted by Crippen LogP contribution is -2.32. The van der Waals surface area contributed by atoms with Gasteiger partial charge in [0.05, 0.1) is 4.90 Å². The second-order valence-corrected chi connectivity index (χ2v) is 7.02. The van der Waals surface area contributed by atoms with Crippen molar-refractivity contribution in [2.45, 2.75) is 18.4 Å². The van der Waals surface area contributed by atoms with Crippen LogP contribution in [0.15, 0.2) is 47.4 Å². The van der Waals surface area contributed by atoms with E-state index >= 15 is 0 Å². The van der Waals surface area contributed by atoms with Crippen molar-refractivity contribution < 1.29 is 21.9 Å². The van der Waals surface area contributed by atoms with Crippen LogP contribution in [-0.2, 0) is 21.3 Å². The van der Waals surface area contributed by atoms with Crippen LogP contribution in [0.25, 0.3) is 0 Å². The van der Waals surface area contributed by atoms with Gasteiger partial charge in [-0.2, -0.15) is 4.31 Å². The van der Waals surface area contributed by atoms with E-state index in [1.807, 2.05) is 6.92 Å². The third-order valence-corrected chi connectivity index (χ3v) is 5.08. The van der Waals surface area contributed by atoms with Gasteiger partial charge in [0, 0.05) is 25.3 Å².